The van der Waals surface area contributed by atoms with E-state index in [0.717, 1.165) is 16.8 Å². The molecule has 0 N–H and O–H groups in total. The standard InChI is InChI=1S/C16H13Cl3N4O/c1-9-12(7-10-3-4-11(17)8-13(10)18)15(23(2)22-9)24-14-5-6-20-16(19)21-14/h3-6,8H,7H2,1-2H3. The molecule has 0 atom stereocenters. The molecule has 24 heavy (non-hydrogen) atoms. The van der Waals surface area contributed by atoms with Crippen LogP contribution in [-0.4, -0.2) is 19.7 Å². The highest BCUT2D eigenvalue weighted by Crippen LogP contribution is 2.31. The van der Waals surface area contributed by atoms with Gasteiger partial charge < -0.3 is 4.74 Å². The molecule has 0 saturated heterocycles. The summed E-state index contributed by atoms with van der Waals surface area (Å²) in [6.07, 6.45) is 2.09. The summed E-state index contributed by atoms with van der Waals surface area (Å²) in [7, 11) is 1.80. The third-order valence-electron chi connectivity index (χ3n) is 3.47. The average Bonchev–Trinajstić information content (AvgIpc) is 2.77. The van der Waals surface area contributed by atoms with Crippen LogP contribution in [0.2, 0.25) is 15.3 Å². The Labute approximate surface area is 154 Å². The average molecular weight is 384 g/mol. The maximum absolute atomic E-state index is 6.28. The zero-order valence-electron chi connectivity index (χ0n) is 12.9. The second kappa shape index (κ2) is 6.97. The zero-order valence-corrected chi connectivity index (χ0v) is 15.2. The van der Waals surface area contributed by atoms with E-state index in [0.29, 0.717) is 28.2 Å². The van der Waals surface area contributed by atoms with Crippen molar-refractivity contribution in [3.05, 3.63) is 62.6 Å². The van der Waals surface area contributed by atoms with E-state index in [1.165, 1.54) is 6.20 Å². The van der Waals surface area contributed by atoms with E-state index in [-0.39, 0.29) is 5.28 Å². The molecule has 5 nitrogen and oxygen atoms in total. The van der Waals surface area contributed by atoms with Crippen LogP contribution in [0.1, 0.15) is 16.8 Å². The summed E-state index contributed by atoms with van der Waals surface area (Å²) in [5, 5.41) is 5.73. The lowest BCUT2D eigenvalue weighted by Crippen LogP contribution is -1.99. The molecule has 1 aromatic carbocycles. The smallest absolute Gasteiger partial charge is 0.225 e. The Bertz CT molecular complexity index is 895. The van der Waals surface area contributed by atoms with Gasteiger partial charge in [-0.2, -0.15) is 10.1 Å². The third kappa shape index (κ3) is 3.64. The Morgan fingerprint density at radius 1 is 1.17 bits per heavy atom. The monoisotopic (exact) mass is 382 g/mol. The van der Waals surface area contributed by atoms with E-state index in [4.69, 9.17) is 39.5 Å². The summed E-state index contributed by atoms with van der Waals surface area (Å²) in [5.41, 5.74) is 2.69. The molecule has 0 aliphatic heterocycles. The molecule has 0 radical (unpaired) electrons. The number of aromatic nitrogens is 4. The number of hydrogen-bond donors (Lipinski definition) is 0. The van der Waals surface area contributed by atoms with E-state index in [1.54, 1.807) is 29.9 Å². The molecule has 0 aliphatic carbocycles. The number of aryl methyl sites for hydroxylation is 2. The lowest BCUT2D eigenvalue weighted by atomic mass is 10.1. The minimum absolute atomic E-state index is 0.119. The van der Waals surface area contributed by atoms with E-state index in [2.05, 4.69) is 15.1 Å². The van der Waals surface area contributed by atoms with E-state index >= 15 is 0 Å². The first-order chi connectivity index (χ1) is 11.4. The summed E-state index contributed by atoms with van der Waals surface area (Å²) in [4.78, 5) is 7.88. The van der Waals surface area contributed by atoms with Gasteiger partial charge in [0, 0.05) is 41.3 Å². The lowest BCUT2D eigenvalue weighted by molar-refractivity contribution is 0.411. The van der Waals surface area contributed by atoms with Gasteiger partial charge in [-0.25, -0.2) is 9.67 Å². The summed E-state index contributed by atoms with van der Waals surface area (Å²) in [6.45, 7) is 1.92. The van der Waals surface area contributed by atoms with Gasteiger partial charge in [0.05, 0.1) is 5.69 Å². The Balaban J connectivity index is 1.96. The molecule has 0 bridgehead atoms. The van der Waals surface area contributed by atoms with Gasteiger partial charge in [-0.3, -0.25) is 0 Å². The first-order valence-electron chi connectivity index (χ1n) is 7.07. The third-order valence-corrected chi connectivity index (χ3v) is 4.24. The van der Waals surface area contributed by atoms with Crippen molar-refractivity contribution < 1.29 is 4.74 Å². The molecule has 0 fully saturated rings. The molecule has 3 aromatic rings. The van der Waals surface area contributed by atoms with Gasteiger partial charge in [0.1, 0.15) is 0 Å². The summed E-state index contributed by atoms with van der Waals surface area (Å²) >= 11 is 18.0. The van der Waals surface area contributed by atoms with Crippen molar-refractivity contribution in [3.8, 4) is 11.8 Å². The molecule has 0 spiro atoms. The summed E-state index contributed by atoms with van der Waals surface area (Å²) in [5.74, 6) is 0.926. The quantitative estimate of drug-likeness (QED) is 0.604. The van der Waals surface area contributed by atoms with Gasteiger partial charge in [-0.1, -0.05) is 29.3 Å². The normalized spacial score (nSPS) is 10.9. The van der Waals surface area contributed by atoms with Gasteiger partial charge in [0.2, 0.25) is 17.0 Å². The van der Waals surface area contributed by atoms with Crippen molar-refractivity contribution in [1.82, 2.24) is 19.7 Å². The number of ether oxygens (including phenoxy) is 1. The van der Waals surface area contributed by atoms with Crippen LogP contribution in [0.15, 0.2) is 30.5 Å². The van der Waals surface area contributed by atoms with Gasteiger partial charge in [0.25, 0.3) is 0 Å². The molecule has 2 aromatic heterocycles. The second-order valence-electron chi connectivity index (χ2n) is 5.17. The zero-order chi connectivity index (χ0) is 17.3. The molecule has 0 saturated carbocycles. The van der Waals surface area contributed by atoms with Crippen molar-refractivity contribution in [2.24, 2.45) is 7.05 Å². The Kier molecular flexibility index (Phi) is 4.94. The summed E-state index contributed by atoms with van der Waals surface area (Å²) < 4.78 is 7.53. The van der Waals surface area contributed by atoms with E-state index in [9.17, 15) is 0 Å². The van der Waals surface area contributed by atoms with Gasteiger partial charge in [-0.05, 0) is 36.2 Å². The van der Waals surface area contributed by atoms with Gasteiger partial charge in [0.15, 0.2) is 0 Å². The first kappa shape index (κ1) is 17.0. The lowest BCUT2D eigenvalue weighted by Gasteiger charge is -2.09. The molecule has 0 unspecified atom stereocenters. The highest BCUT2D eigenvalue weighted by atomic mass is 35.5. The Hall–Kier alpha value is -1.82. The summed E-state index contributed by atoms with van der Waals surface area (Å²) in [6, 6.07) is 7.05. The largest absolute Gasteiger partial charge is 0.421 e. The fraction of sp³-hybridized carbons (Fsp3) is 0.188. The number of nitrogens with zero attached hydrogens (tertiary/aromatic N) is 4. The van der Waals surface area contributed by atoms with E-state index in [1.807, 2.05) is 13.0 Å². The molecule has 2 heterocycles. The minimum atomic E-state index is 0.119. The molecule has 124 valence electrons. The Morgan fingerprint density at radius 2 is 1.96 bits per heavy atom. The molecule has 3 rings (SSSR count). The Morgan fingerprint density at radius 3 is 2.67 bits per heavy atom. The minimum Gasteiger partial charge on any atom is -0.421 e. The van der Waals surface area contributed by atoms with Crippen LogP contribution in [0.5, 0.6) is 11.8 Å². The van der Waals surface area contributed by atoms with Crippen LogP contribution in [0, 0.1) is 6.92 Å². The van der Waals surface area contributed by atoms with E-state index < -0.39 is 0 Å². The topological polar surface area (TPSA) is 52.8 Å². The van der Waals surface area contributed by atoms with Crippen molar-refractivity contribution >= 4 is 34.8 Å². The number of halogens is 3. The second-order valence-corrected chi connectivity index (χ2v) is 6.35. The highest BCUT2D eigenvalue weighted by molar-refractivity contribution is 6.35. The molecular weight excluding hydrogens is 371 g/mol. The predicted molar refractivity (Wildman–Crippen MR) is 94.3 cm³/mol. The van der Waals surface area contributed by atoms with Gasteiger partial charge >= 0.3 is 0 Å². The van der Waals surface area contributed by atoms with Crippen molar-refractivity contribution in [2.45, 2.75) is 13.3 Å². The number of rotatable bonds is 4. The number of benzene rings is 1. The maximum atomic E-state index is 6.28. The predicted octanol–water partition coefficient (Wildman–Crippen LogP) is 4.86. The van der Waals surface area contributed by atoms with Crippen LogP contribution >= 0.6 is 34.8 Å². The molecule has 0 amide bonds. The maximum Gasteiger partial charge on any atom is 0.225 e. The molecular formula is C16H13Cl3N4O. The van der Waals surface area contributed by atoms with Gasteiger partial charge in [-0.15, -0.1) is 0 Å². The number of hydrogen-bond acceptors (Lipinski definition) is 4. The van der Waals surface area contributed by atoms with Crippen molar-refractivity contribution in [1.29, 1.82) is 0 Å². The highest BCUT2D eigenvalue weighted by Gasteiger charge is 2.18. The van der Waals surface area contributed by atoms with Crippen LogP contribution in [0.25, 0.3) is 0 Å². The fourth-order valence-electron chi connectivity index (χ4n) is 2.34. The van der Waals surface area contributed by atoms with Crippen LogP contribution in [0.3, 0.4) is 0 Å². The molecule has 8 heteroatoms. The van der Waals surface area contributed by atoms with Crippen LogP contribution in [-0.2, 0) is 13.5 Å². The van der Waals surface area contributed by atoms with Crippen molar-refractivity contribution in [2.75, 3.05) is 0 Å². The van der Waals surface area contributed by atoms with Crippen molar-refractivity contribution in [3.63, 3.8) is 0 Å². The van der Waals surface area contributed by atoms with Crippen LogP contribution < -0.4 is 4.74 Å². The molecule has 0 aliphatic rings. The van der Waals surface area contributed by atoms with Crippen LogP contribution in [0.4, 0.5) is 0 Å². The fourth-order valence-corrected chi connectivity index (χ4v) is 2.96. The SMILES string of the molecule is Cc1nn(C)c(Oc2ccnc(Cl)n2)c1Cc1ccc(Cl)cc1Cl. The first-order valence-corrected chi connectivity index (χ1v) is 8.20.